The molecule has 3 N–H and O–H groups in total. The number of nitrogens with one attached hydrogen (secondary N) is 1. The molecule has 1 fully saturated rings. The third kappa shape index (κ3) is 2.60. The molecule has 0 radical (unpaired) electrons. The van der Waals surface area contributed by atoms with Gasteiger partial charge in [0.15, 0.2) is 0 Å². The van der Waals surface area contributed by atoms with Gasteiger partial charge < -0.3 is 5.73 Å². The first-order valence-electron chi connectivity index (χ1n) is 3.98. The fourth-order valence-electron chi connectivity index (χ4n) is 1.94. The number of hydrogen-bond donors (Lipinski definition) is 2. The Bertz CT molecular complexity index is 292. The van der Waals surface area contributed by atoms with E-state index in [9.17, 15) is 13.0 Å². The summed E-state index contributed by atoms with van der Waals surface area (Å²) in [5.74, 6) is -2.67. The van der Waals surface area contributed by atoms with Crippen molar-refractivity contribution in [1.29, 1.82) is 4.78 Å². The maximum Gasteiger partial charge on any atom is 0.249 e. The minimum absolute atomic E-state index is 0.00785. The maximum atomic E-state index is 12.6. The van der Waals surface area contributed by atoms with E-state index in [1.54, 1.807) is 0 Å². The van der Waals surface area contributed by atoms with Gasteiger partial charge in [0.1, 0.15) is 0 Å². The second-order valence-electron chi connectivity index (χ2n) is 4.06. The highest BCUT2D eigenvalue weighted by molar-refractivity contribution is 7.91. The lowest BCUT2D eigenvalue weighted by atomic mass is 9.67. The molecular weight excluding hydrogens is 198 g/mol. The molecule has 3 nitrogen and oxygen atoms in total. The Labute approximate surface area is 76.7 Å². The molecule has 0 spiro atoms. The van der Waals surface area contributed by atoms with E-state index in [2.05, 4.69) is 0 Å². The number of halogens is 2. The van der Waals surface area contributed by atoms with Crippen LogP contribution in [0.4, 0.5) is 8.78 Å². The summed E-state index contributed by atoms with van der Waals surface area (Å²) in [6.07, 6.45) is 0.626. The van der Waals surface area contributed by atoms with Gasteiger partial charge in [0.25, 0.3) is 0 Å². The first-order chi connectivity index (χ1) is 5.68. The highest BCUT2D eigenvalue weighted by atomic mass is 32.2. The second kappa shape index (κ2) is 2.88. The summed E-state index contributed by atoms with van der Waals surface area (Å²) in [5.41, 5.74) is 4.60. The predicted molar refractivity (Wildman–Crippen MR) is 47.3 cm³/mol. The zero-order chi connectivity index (χ0) is 10.3. The number of alkyl halides is 2. The Morgan fingerprint density at radius 2 is 2.00 bits per heavy atom. The van der Waals surface area contributed by atoms with E-state index in [-0.39, 0.29) is 25.1 Å². The highest BCUT2D eigenvalue weighted by Gasteiger charge is 2.56. The molecular formula is C7H14F2N2OS. The van der Waals surface area contributed by atoms with Gasteiger partial charge in [-0.1, -0.05) is 0 Å². The van der Waals surface area contributed by atoms with Crippen molar-refractivity contribution < 1.29 is 13.0 Å². The smallest absolute Gasteiger partial charge is 0.249 e. The van der Waals surface area contributed by atoms with Gasteiger partial charge in [0.05, 0.1) is 0 Å². The Morgan fingerprint density at radius 3 is 2.23 bits per heavy atom. The average Bonchev–Trinajstić information content (AvgIpc) is 1.79. The molecule has 1 unspecified atom stereocenters. The van der Waals surface area contributed by atoms with Crippen molar-refractivity contribution in [2.45, 2.75) is 18.8 Å². The van der Waals surface area contributed by atoms with Crippen molar-refractivity contribution in [2.24, 2.45) is 11.1 Å². The zero-order valence-corrected chi connectivity index (χ0v) is 8.29. The van der Waals surface area contributed by atoms with E-state index in [1.807, 2.05) is 0 Å². The highest BCUT2D eigenvalue weighted by Crippen LogP contribution is 2.51. The fourth-order valence-corrected chi connectivity index (χ4v) is 3.43. The SMILES string of the molecule is CS(=N)(=O)CC1(CN)CC(F)(F)C1. The van der Waals surface area contributed by atoms with Gasteiger partial charge in [0, 0.05) is 40.0 Å². The molecule has 1 rings (SSSR count). The molecule has 0 amide bonds. The van der Waals surface area contributed by atoms with E-state index in [0.29, 0.717) is 0 Å². The first-order valence-corrected chi connectivity index (χ1v) is 6.11. The van der Waals surface area contributed by atoms with Crippen molar-refractivity contribution in [3.05, 3.63) is 0 Å². The lowest BCUT2D eigenvalue weighted by molar-refractivity contribution is -0.147. The van der Waals surface area contributed by atoms with Crippen LogP contribution < -0.4 is 5.73 Å². The van der Waals surface area contributed by atoms with Gasteiger partial charge in [-0.15, -0.1) is 0 Å². The van der Waals surface area contributed by atoms with E-state index < -0.39 is 21.1 Å². The van der Waals surface area contributed by atoms with Crippen LogP contribution in [0, 0.1) is 10.2 Å². The topological polar surface area (TPSA) is 66.9 Å². The van der Waals surface area contributed by atoms with Crippen LogP contribution in [0.2, 0.25) is 0 Å². The predicted octanol–water partition coefficient (Wildman–Crippen LogP) is 1.04. The molecule has 6 heteroatoms. The molecule has 0 aliphatic heterocycles. The molecule has 0 saturated heterocycles. The molecule has 0 aromatic rings. The number of nitrogens with two attached hydrogens (primary N) is 1. The van der Waals surface area contributed by atoms with E-state index in [0.717, 1.165) is 0 Å². The third-order valence-corrected chi connectivity index (χ3v) is 3.45. The van der Waals surface area contributed by atoms with E-state index in [1.165, 1.54) is 6.26 Å². The van der Waals surface area contributed by atoms with Crippen molar-refractivity contribution >= 4 is 9.73 Å². The third-order valence-electron chi connectivity index (χ3n) is 2.28. The second-order valence-corrected chi connectivity index (χ2v) is 6.36. The molecule has 13 heavy (non-hydrogen) atoms. The summed E-state index contributed by atoms with van der Waals surface area (Å²) >= 11 is 0. The molecule has 78 valence electrons. The zero-order valence-electron chi connectivity index (χ0n) is 7.48. The van der Waals surface area contributed by atoms with Gasteiger partial charge in [-0.2, -0.15) is 0 Å². The molecule has 0 aromatic heterocycles. The summed E-state index contributed by atoms with van der Waals surface area (Å²) in [4.78, 5) is 0. The Hall–Kier alpha value is -0.230. The first kappa shape index (κ1) is 10.8. The molecule has 1 atom stereocenters. The van der Waals surface area contributed by atoms with Gasteiger partial charge >= 0.3 is 0 Å². The summed E-state index contributed by atoms with van der Waals surface area (Å²) in [6.45, 7) is 0.0896. The van der Waals surface area contributed by atoms with Crippen LogP contribution in [0.15, 0.2) is 0 Å². The quantitative estimate of drug-likeness (QED) is 0.734. The average molecular weight is 212 g/mol. The van der Waals surface area contributed by atoms with E-state index in [4.69, 9.17) is 10.5 Å². The Kier molecular flexibility index (Phi) is 2.40. The van der Waals surface area contributed by atoms with Crippen molar-refractivity contribution in [3.63, 3.8) is 0 Å². The lowest BCUT2D eigenvalue weighted by Gasteiger charge is -2.46. The van der Waals surface area contributed by atoms with Crippen LogP contribution in [0.25, 0.3) is 0 Å². The summed E-state index contributed by atoms with van der Waals surface area (Å²) in [7, 11) is -2.72. The summed E-state index contributed by atoms with van der Waals surface area (Å²) in [5, 5.41) is 0. The van der Waals surface area contributed by atoms with Crippen LogP contribution in [0.3, 0.4) is 0 Å². The Morgan fingerprint density at radius 1 is 1.54 bits per heavy atom. The lowest BCUT2D eigenvalue weighted by Crippen LogP contribution is -2.53. The van der Waals surface area contributed by atoms with Gasteiger partial charge in [-0.25, -0.2) is 8.78 Å². The molecule has 0 aromatic carbocycles. The van der Waals surface area contributed by atoms with E-state index >= 15 is 0 Å². The normalized spacial score (nSPS) is 28.9. The van der Waals surface area contributed by atoms with Crippen molar-refractivity contribution in [2.75, 3.05) is 18.6 Å². The van der Waals surface area contributed by atoms with Crippen LogP contribution in [-0.2, 0) is 9.73 Å². The minimum atomic E-state index is -2.72. The van der Waals surface area contributed by atoms with Gasteiger partial charge in [-0.05, 0) is 6.54 Å². The molecule has 0 bridgehead atoms. The van der Waals surface area contributed by atoms with Crippen LogP contribution in [0.1, 0.15) is 12.8 Å². The molecule has 0 heterocycles. The van der Waals surface area contributed by atoms with Crippen LogP contribution in [0.5, 0.6) is 0 Å². The summed E-state index contributed by atoms with van der Waals surface area (Å²) in [6, 6.07) is 0. The van der Waals surface area contributed by atoms with Gasteiger partial charge in [-0.3, -0.25) is 8.99 Å². The van der Waals surface area contributed by atoms with Gasteiger partial charge in [0.2, 0.25) is 5.92 Å². The maximum absolute atomic E-state index is 12.6. The largest absolute Gasteiger partial charge is 0.330 e. The van der Waals surface area contributed by atoms with Crippen LogP contribution >= 0.6 is 0 Å². The van der Waals surface area contributed by atoms with Crippen molar-refractivity contribution in [1.82, 2.24) is 0 Å². The number of hydrogen-bond acceptors (Lipinski definition) is 3. The monoisotopic (exact) mass is 212 g/mol. The van der Waals surface area contributed by atoms with Crippen LogP contribution in [-0.4, -0.2) is 28.7 Å². The fraction of sp³-hybridized carbons (Fsp3) is 1.00. The molecule has 1 saturated carbocycles. The standard InChI is InChI=1S/C7H14F2N2OS/c1-13(11,12)5-6(4-10)2-7(8,9)3-6/h11H,2-5,10H2,1H3. The molecule has 1 aliphatic carbocycles. The Balaban J connectivity index is 2.67. The minimum Gasteiger partial charge on any atom is -0.330 e. The van der Waals surface area contributed by atoms with Crippen molar-refractivity contribution in [3.8, 4) is 0 Å². The number of rotatable bonds is 3. The summed E-state index contributed by atoms with van der Waals surface area (Å²) < 4.78 is 43.5. The molecule has 1 aliphatic rings.